The van der Waals surface area contributed by atoms with Crippen LogP contribution in [0.25, 0.3) is 0 Å². The van der Waals surface area contributed by atoms with E-state index < -0.39 is 6.10 Å². The Balaban J connectivity index is 2.63. The lowest BCUT2D eigenvalue weighted by atomic mass is 10.2. The molecule has 0 aliphatic rings. The largest absolute Gasteiger partial charge is 0.479 e. The van der Waals surface area contributed by atoms with Crippen LogP contribution in [0.4, 0.5) is 0 Å². The molecule has 8 heteroatoms. The fraction of sp³-hybridized carbons (Fsp3) is 0.385. The minimum atomic E-state index is -0.710. The molecule has 5 nitrogen and oxygen atoms in total. The Labute approximate surface area is 139 Å². The van der Waals surface area contributed by atoms with Gasteiger partial charge in [0.15, 0.2) is 11.2 Å². The van der Waals surface area contributed by atoms with Gasteiger partial charge in [0.2, 0.25) is 0 Å². The van der Waals surface area contributed by atoms with Crippen LogP contribution < -0.4 is 20.9 Å². The minimum absolute atomic E-state index is 0.335. The Bertz CT molecular complexity index is 514. The van der Waals surface area contributed by atoms with Crippen LogP contribution in [0.1, 0.15) is 20.3 Å². The minimum Gasteiger partial charge on any atom is -0.479 e. The fourth-order valence-corrected chi connectivity index (χ4v) is 1.97. The van der Waals surface area contributed by atoms with E-state index in [0.717, 1.165) is 0 Å². The molecule has 21 heavy (non-hydrogen) atoms. The van der Waals surface area contributed by atoms with E-state index in [1.54, 1.807) is 18.2 Å². The first-order valence-corrected chi connectivity index (χ1v) is 7.59. The molecule has 1 amide bonds. The highest BCUT2D eigenvalue weighted by Crippen LogP contribution is 2.28. The van der Waals surface area contributed by atoms with Gasteiger partial charge in [0.1, 0.15) is 5.75 Å². The molecule has 0 heterocycles. The molecule has 0 bridgehead atoms. The summed E-state index contributed by atoms with van der Waals surface area (Å²) in [5.41, 5.74) is 5.07. The third-order valence-electron chi connectivity index (χ3n) is 2.46. The average Bonchev–Trinajstić information content (AvgIpc) is 2.46. The van der Waals surface area contributed by atoms with E-state index in [9.17, 15) is 4.79 Å². The highest BCUT2D eigenvalue weighted by Gasteiger charge is 2.19. The normalized spacial score (nSPS) is 11.4. The number of hydrazine groups is 1. The summed E-state index contributed by atoms with van der Waals surface area (Å²) >= 11 is 16.8. The van der Waals surface area contributed by atoms with Gasteiger partial charge in [-0.15, -0.1) is 0 Å². The molecule has 0 aromatic heterocycles. The molecule has 0 aliphatic carbocycles. The Morgan fingerprint density at radius 1 is 1.33 bits per heavy atom. The summed E-state index contributed by atoms with van der Waals surface area (Å²) in [4.78, 5) is 12.0. The fourth-order valence-electron chi connectivity index (χ4n) is 1.45. The first-order valence-electron chi connectivity index (χ1n) is 6.43. The summed E-state index contributed by atoms with van der Waals surface area (Å²) in [6.07, 6.45) is -0.248. The topological polar surface area (TPSA) is 62.4 Å². The first-order chi connectivity index (χ1) is 9.97. The van der Waals surface area contributed by atoms with Crippen LogP contribution in [0.5, 0.6) is 5.75 Å². The molecule has 1 atom stereocenters. The van der Waals surface area contributed by atoms with Crippen molar-refractivity contribution in [2.24, 2.45) is 0 Å². The number of ether oxygens (including phenoxy) is 1. The molecule has 0 radical (unpaired) electrons. The predicted octanol–water partition coefficient (Wildman–Crippen LogP) is 2.67. The van der Waals surface area contributed by atoms with Crippen LogP contribution in [0, 0.1) is 0 Å². The zero-order valence-corrected chi connectivity index (χ0v) is 14.0. The number of rotatable bonds is 5. The highest BCUT2D eigenvalue weighted by molar-refractivity contribution is 7.80. The van der Waals surface area contributed by atoms with Gasteiger partial charge in [-0.1, -0.05) is 30.1 Å². The average molecular weight is 350 g/mol. The van der Waals surface area contributed by atoms with Crippen molar-refractivity contribution in [1.82, 2.24) is 16.2 Å². The Kier molecular flexibility index (Phi) is 7.56. The third-order valence-corrected chi connectivity index (χ3v) is 3.26. The van der Waals surface area contributed by atoms with Crippen molar-refractivity contribution < 1.29 is 9.53 Å². The zero-order chi connectivity index (χ0) is 15.8. The van der Waals surface area contributed by atoms with Gasteiger partial charge in [0.05, 0.1) is 5.02 Å². The summed E-state index contributed by atoms with van der Waals surface area (Å²) < 4.78 is 5.60. The number of hydrogen-bond acceptors (Lipinski definition) is 3. The number of halogens is 2. The van der Waals surface area contributed by atoms with Crippen LogP contribution >= 0.6 is 35.4 Å². The Morgan fingerprint density at radius 3 is 2.67 bits per heavy atom. The molecule has 1 aromatic rings. The van der Waals surface area contributed by atoms with Gasteiger partial charge >= 0.3 is 0 Å². The van der Waals surface area contributed by atoms with E-state index in [1.165, 1.54) is 0 Å². The van der Waals surface area contributed by atoms with Crippen LogP contribution in [-0.2, 0) is 4.79 Å². The van der Waals surface area contributed by atoms with E-state index in [2.05, 4.69) is 16.2 Å². The summed E-state index contributed by atoms with van der Waals surface area (Å²) in [5.74, 6) is 0.00854. The standard InChI is InChI=1S/C13H17Cl2N3O2S/c1-3-10(12(19)17-18-13(21)16-4-2)20-11-7-8(14)5-6-9(11)15/h5-7,10H,3-4H2,1-2H3,(H,17,19)(H2,16,18,21). The SMILES string of the molecule is CCNC(=S)NNC(=O)C(CC)Oc1cc(Cl)ccc1Cl. The summed E-state index contributed by atoms with van der Waals surface area (Å²) in [6, 6.07) is 4.83. The van der Waals surface area contributed by atoms with E-state index >= 15 is 0 Å². The summed E-state index contributed by atoms with van der Waals surface area (Å²) in [5, 5.41) is 4.06. The van der Waals surface area contributed by atoms with Gasteiger partial charge in [-0.25, -0.2) is 0 Å². The summed E-state index contributed by atoms with van der Waals surface area (Å²) in [6.45, 7) is 4.38. The molecule has 1 unspecified atom stereocenters. The Morgan fingerprint density at radius 2 is 2.05 bits per heavy atom. The van der Waals surface area contributed by atoms with Gasteiger partial charge in [-0.2, -0.15) is 0 Å². The number of amides is 1. The second-order valence-electron chi connectivity index (χ2n) is 4.06. The number of carbonyl (C=O) groups excluding carboxylic acids is 1. The van der Waals surface area contributed by atoms with Crippen LogP contribution in [-0.4, -0.2) is 23.7 Å². The molecule has 1 aromatic carbocycles. The van der Waals surface area contributed by atoms with Gasteiger partial charge in [-0.05, 0) is 37.7 Å². The molecule has 1 rings (SSSR count). The van der Waals surface area contributed by atoms with Crippen molar-refractivity contribution in [3.05, 3.63) is 28.2 Å². The molecule has 0 spiro atoms. The van der Waals surface area contributed by atoms with Gasteiger partial charge in [0, 0.05) is 17.6 Å². The van der Waals surface area contributed by atoms with Crippen molar-refractivity contribution in [1.29, 1.82) is 0 Å². The number of carbonyl (C=O) groups is 1. The molecule has 0 saturated carbocycles. The molecule has 0 aliphatic heterocycles. The van der Waals surface area contributed by atoms with Crippen molar-refractivity contribution in [2.75, 3.05) is 6.54 Å². The number of thiocarbonyl (C=S) groups is 1. The quantitative estimate of drug-likeness (QED) is 0.563. The van der Waals surface area contributed by atoms with E-state index in [-0.39, 0.29) is 5.91 Å². The maximum absolute atomic E-state index is 12.0. The maximum atomic E-state index is 12.0. The molecule has 116 valence electrons. The molecular formula is C13H17Cl2N3O2S. The second-order valence-corrected chi connectivity index (χ2v) is 5.32. The Hall–Kier alpha value is -1.24. The highest BCUT2D eigenvalue weighted by atomic mass is 35.5. The van der Waals surface area contributed by atoms with Crippen molar-refractivity contribution in [3.8, 4) is 5.75 Å². The van der Waals surface area contributed by atoms with Gasteiger partial charge in [-0.3, -0.25) is 15.6 Å². The van der Waals surface area contributed by atoms with E-state index in [1.807, 2.05) is 13.8 Å². The lowest BCUT2D eigenvalue weighted by Gasteiger charge is -2.19. The zero-order valence-electron chi connectivity index (χ0n) is 11.7. The molecule has 0 saturated heterocycles. The van der Waals surface area contributed by atoms with Gasteiger partial charge < -0.3 is 10.1 Å². The molecule has 0 fully saturated rings. The number of hydrogen-bond donors (Lipinski definition) is 3. The van der Waals surface area contributed by atoms with Crippen molar-refractivity contribution in [3.63, 3.8) is 0 Å². The third kappa shape index (κ3) is 5.95. The lowest BCUT2D eigenvalue weighted by Crippen LogP contribution is -2.51. The first kappa shape index (κ1) is 17.8. The molecule has 3 N–H and O–H groups in total. The van der Waals surface area contributed by atoms with E-state index in [4.69, 9.17) is 40.2 Å². The van der Waals surface area contributed by atoms with E-state index in [0.29, 0.717) is 33.9 Å². The number of benzene rings is 1. The molecular weight excluding hydrogens is 333 g/mol. The summed E-state index contributed by atoms with van der Waals surface area (Å²) in [7, 11) is 0. The monoisotopic (exact) mass is 349 g/mol. The van der Waals surface area contributed by atoms with Crippen LogP contribution in [0.3, 0.4) is 0 Å². The van der Waals surface area contributed by atoms with Crippen LogP contribution in [0.15, 0.2) is 18.2 Å². The maximum Gasteiger partial charge on any atom is 0.279 e. The predicted molar refractivity (Wildman–Crippen MR) is 88.7 cm³/mol. The van der Waals surface area contributed by atoms with Crippen molar-refractivity contribution >= 4 is 46.4 Å². The number of nitrogens with one attached hydrogen (secondary N) is 3. The van der Waals surface area contributed by atoms with Gasteiger partial charge in [0.25, 0.3) is 5.91 Å². The van der Waals surface area contributed by atoms with Crippen molar-refractivity contribution in [2.45, 2.75) is 26.4 Å². The van der Waals surface area contributed by atoms with Crippen LogP contribution in [0.2, 0.25) is 10.0 Å². The second kappa shape index (κ2) is 8.92. The smallest absolute Gasteiger partial charge is 0.279 e. The lowest BCUT2D eigenvalue weighted by molar-refractivity contribution is -0.128.